The molecule has 1 saturated heterocycles. The van der Waals surface area contributed by atoms with E-state index < -0.39 is 10.0 Å². The maximum absolute atomic E-state index is 12.6. The first-order valence-electron chi connectivity index (χ1n) is 9.39. The molecule has 2 aromatic rings. The van der Waals surface area contributed by atoms with Gasteiger partial charge in [-0.05, 0) is 61.2 Å². The third-order valence-corrected chi connectivity index (χ3v) is 6.62. The Morgan fingerprint density at radius 1 is 1.17 bits per heavy atom. The monoisotopic (exact) mass is 413 g/mol. The summed E-state index contributed by atoms with van der Waals surface area (Å²) >= 11 is 0. The van der Waals surface area contributed by atoms with Crippen molar-refractivity contribution in [1.82, 2.24) is 4.31 Å². The molecular weight excluding hydrogens is 390 g/mol. The van der Waals surface area contributed by atoms with Gasteiger partial charge in [0.25, 0.3) is 5.91 Å². The molecule has 1 fully saturated rings. The number of carbonyl (C=O) groups excluding carboxylic acids is 1. The highest BCUT2D eigenvalue weighted by Gasteiger charge is 2.27. The molecule has 3 rings (SSSR count). The Hall–Kier alpha value is -2.89. The predicted molar refractivity (Wildman–Crippen MR) is 109 cm³/mol. The summed E-state index contributed by atoms with van der Waals surface area (Å²) in [5.41, 5.74) is 2.14. The first-order valence-corrected chi connectivity index (χ1v) is 10.8. The van der Waals surface area contributed by atoms with Gasteiger partial charge < -0.3 is 10.1 Å². The molecule has 0 bridgehead atoms. The van der Waals surface area contributed by atoms with E-state index in [9.17, 15) is 13.2 Å². The minimum absolute atomic E-state index is 0.195. The highest BCUT2D eigenvalue weighted by Crippen LogP contribution is 2.26. The van der Waals surface area contributed by atoms with Crippen LogP contribution in [0.3, 0.4) is 0 Å². The van der Waals surface area contributed by atoms with Crippen LogP contribution in [-0.2, 0) is 21.2 Å². The molecular formula is C21H23N3O4S. The van der Waals surface area contributed by atoms with Gasteiger partial charge in [-0.15, -0.1) is 0 Å². The first-order chi connectivity index (χ1) is 13.9. The van der Waals surface area contributed by atoms with Crippen LogP contribution in [-0.4, -0.2) is 38.3 Å². The van der Waals surface area contributed by atoms with Crippen LogP contribution in [0.4, 0.5) is 5.69 Å². The number of nitrogens with one attached hydrogen (secondary N) is 1. The van der Waals surface area contributed by atoms with Gasteiger partial charge in [0.2, 0.25) is 10.0 Å². The van der Waals surface area contributed by atoms with Crippen LogP contribution < -0.4 is 10.1 Å². The van der Waals surface area contributed by atoms with Crippen LogP contribution in [0.15, 0.2) is 47.4 Å². The zero-order valence-electron chi connectivity index (χ0n) is 16.2. The molecule has 1 N–H and O–H groups in total. The van der Waals surface area contributed by atoms with Gasteiger partial charge in [-0.25, -0.2) is 8.42 Å². The predicted octanol–water partition coefficient (Wildman–Crippen LogP) is 2.86. The van der Waals surface area contributed by atoms with Crippen molar-refractivity contribution in [2.24, 2.45) is 0 Å². The lowest BCUT2D eigenvalue weighted by Gasteiger charge is -2.17. The van der Waals surface area contributed by atoms with Gasteiger partial charge in [0.1, 0.15) is 5.75 Å². The van der Waals surface area contributed by atoms with E-state index in [0.717, 1.165) is 18.4 Å². The summed E-state index contributed by atoms with van der Waals surface area (Å²) in [6, 6.07) is 13.8. The molecule has 0 radical (unpaired) electrons. The van der Waals surface area contributed by atoms with Crippen LogP contribution in [0.2, 0.25) is 0 Å². The number of nitriles is 1. The van der Waals surface area contributed by atoms with Crippen molar-refractivity contribution in [2.45, 2.75) is 31.1 Å². The van der Waals surface area contributed by atoms with Crippen LogP contribution in [0, 0.1) is 18.3 Å². The van der Waals surface area contributed by atoms with E-state index in [2.05, 4.69) is 11.4 Å². The molecule has 0 unspecified atom stereocenters. The Morgan fingerprint density at radius 2 is 1.86 bits per heavy atom. The summed E-state index contributed by atoms with van der Waals surface area (Å²) in [5, 5.41) is 11.4. The molecule has 0 spiro atoms. The number of rotatable bonds is 7. The Morgan fingerprint density at radius 3 is 2.48 bits per heavy atom. The smallest absolute Gasteiger partial charge is 0.262 e. The van der Waals surface area contributed by atoms with Crippen LogP contribution in [0.1, 0.15) is 24.0 Å². The molecule has 1 amide bonds. The molecule has 0 atom stereocenters. The summed E-state index contributed by atoms with van der Waals surface area (Å²) < 4.78 is 32.3. The fourth-order valence-corrected chi connectivity index (χ4v) is 4.76. The average Bonchev–Trinajstić information content (AvgIpc) is 3.24. The van der Waals surface area contributed by atoms with Crippen molar-refractivity contribution >= 4 is 21.6 Å². The zero-order valence-corrected chi connectivity index (χ0v) is 17.0. The molecule has 29 heavy (non-hydrogen) atoms. The van der Waals surface area contributed by atoms with Crippen LogP contribution in [0.25, 0.3) is 0 Å². The van der Waals surface area contributed by atoms with Gasteiger partial charge in [0.05, 0.1) is 17.4 Å². The molecule has 0 aromatic heterocycles. The van der Waals surface area contributed by atoms with Crippen molar-refractivity contribution in [2.75, 3.05) is 25.0 Å². The second-order valence-corrected chi connectivity index (χ2v) is 8.85. The SMILES string of the molecule is Cc1cc(S(=O)(=O)N2CCCC2)ccc1OCC(=O)Nc1ccc(CC#N)cc1. The number of aryl methyl sites for hydroxylation is 1. The van der Waals surface area contributed by atoms with Gasteiger partial charge in [-0.2, -0.15) is 9.57 Å². The number of sulfonamides is 1. The molecule has 1 heterocycles. The number of hydrogen-bond donors (Lipinski definition) is 1. The minimum atomic E-state index is -3.48. The topological polar surface area (TPSA) is 99.5 Å². The van der Waals surface area contributed by atoms with Crippen LogP contribution in [0.5, 0.6) is 5.75 Å². The van der Waals surface area contributed by atoms with Gasteiger partial charge >= 0.3 is 0 Å². The van der Waals surface area contributed by atoms with E-state index in [0.29, 0.717) is 36.5 Å². The summed E-state index contributed by atoms with van der Waals surface area (Å²) in [4.78, 5) is 12.4. The molecule has 0 saturated carbocycles. The molecule has 1 aliphatic rings. The van der Waals surface area contributed by atoms with Gasteiger partial charge in [0, 0.05) is 18.8 Å². The zero-order chi connectivity index (χ0) is 20.9. The average molecular weight is 413 g/mol. The molecule has 7 nitrogen and oxygen atoms in total. The number of amides is 1. The number of carbonyl (C=O) groups is 1. The second-order valence-electron chi connectivity index (χ2n) is 6.91. The Kier molecular flexibility index (Phi) is 6.52. The van der Waals surface area contributed by atoms with E-state index in [1.54, 1.807) is 43.3 Å². The molecule has 1 aliphatic heterocycles. The lowest BCUT2D eigenvalue weighted by atomic mass is 10.1. The lowest BCUT2D eigenvalue weighted by molar-refractivity contribution is -0.118. The normalized spacial score (nSPS) is 14.3. The summed E-state index contributed by atoms with van der Waals surface area (Å²) in [6.45, 7) is 2.66. The fourth-order valence-electron chi connectivity index (χ4n) is 3.16. The largest absolute Gasteiger partial charge is 0.483 e. The molecule has 0 aliphatic carbocycles. The highest BCUT2D eigenvalue weighted by atomic mass is 32.2. The van der Waals surface area contributed by atoms with E-state index >= 15 is 0 Å². The van der Waals surface area contributed by atoms with E-state index in [1.807, 2.05) is 0 Å². The number of ether oxygens (including phenoxy) is 1. The number of hydrogen-bond acceptors (Lipinski definition) is 5. The summed E-state index contributed by atoms with van der Waals surface area (Å²) in [7, 11) is -3.48. The second kappa shape index (κ2) is 9.07. The van der Waals surface area contributed by atoms with E-state index in [1.165, 1.54) is 10.4 Å². The standard InChI is InChI=1S/C21H23N3O4S/c1-16-14-19(29(26,27)24-12-2-3-13-24)8-9-20(16)28-15-21(25)23-18-6-4-17(5-7-18)10-11-22/h4-9,14H,2-3,10,12-13,15H2,1H3,(H,23,25). The summed E-state index contributed by atoms with van der Waals surface area (Å²) in [6.07, 6.45) is 2.09. The Balaban J connectivity index is 1.59. The number of benzene rings is 2. The molecule has 8 heteroatoms. The quantitative estimate of drug-likeness (QED) is 0.752. The fraction of sp³-hybridized carbons (Fsp3) is 0.333. The number of nitrogens with zero attached hydrogens (tertiary/aromatic N) is 2. The third-order valence-electron chi connectivity index (χ3n) is 4.73. The van der Waals surface area contributed by atoms with Gasteiger partial charge in [0.15, 0.2) is 6.61 Å². The third kappa shape index (κ3) is 5.13. The summed E-state index contributed by atoms with van der Waals surface area (Å²) in [5.74, 6) is 0.135. The lowest BCUT2D eigenvalue weighted by Crippen LogP contribution is -2.27. The maximum atomic E-state index is 12.6. The van der Waals surface area contributed by atoms with Gasteiger partial charge in [-0.3, -0.25) is 4.79 Å². The maximum Gasteiger partial charge on any atom is 0.262 e. The molecule has 152 valence electrons. The van der Waals surface area contributed by atoms with Crippen molar-refractivity contribution in [3.63, 3.8) is 0 Å². The van der Waals surface area contributed by atoms with Gasteiger partial charge in [-0.1, -0.05) is 12.1 Å². The van der Waals surface area contributed by atoms with Crippen molar-refractivity contribution < 1.29 is 17.9 Å². The first kappa shape index (κ1) is 20.8. The van der Waals surface area contributed by atoms with Crippen LogP contribution >= 0.6 is 0 Å². The number of anilines is 1. The van der Waals surface area contributed by atoms with E-state index in [4.69, 9.17) is 10.00 Å². The van der Waals surface area contributed by atoms with Crippen molar-refractivity contribution in [1.29, 1.82) is 5.26 Å². The minimum Gasteiger partial charge on any atom is -0.483 e. The van der Waals surface area contributed by atoms with Crippen molar-refractivity contribution in [3.8, 4) is 11.8 Å². The Labute approximate surface area is 171 Å². The highest BCUT2D eigenvalue weighted by molar-refractivity contribution is 7.89. The Bertz CT molecular complexity index is 1020. The van der Waals surface area contributed by atoms with Crippen molar-refractivity contribution in [3.05, 3.63) is 53.6 Å². The van der Waals surface area contributed by atoms with E-state index in [-0.39, 0.29) is 17.4 Å². The molecule has 2 aromatic carbocycles.